The molecule has 4 nitrogen and oxygen atoms in total. The van der Waals surface area contributed by atoms with Crippen molar-refractivity contribution in [1.29, 1.82) is 0 Å². The molecule has 0 aliphatic heterocycles. The van der Waals surface area contributed by atoms with E-state index in [9.17, 15) is 4.79 Å². The summed E-state index contributed by atoms with van der Waals surface area (Å²) in [7, 11) is 0. The van der Waals surface area contributed by atoms with Crippen molar-refractivity contribution in [2.45, 2.75) is 78.6 Å². The molecule has 1 N–H and O–H groups in total. The summed E-state index contributed by atoms with van der Waals surface area (Å²) in [5, 5.41) is 4.08. The van der Waals surface area contributed by atoms with Crippen molar-refractivity contribution in [3.63, 3.8) is 0 Å². The molecule has 0 atom stereocenters. The van der Waals surface area contributed by atoms with Gasteiger partial charge in [-0.2, -0.15) is 5.10 Å². The van der Waals surface area contributed by atoms with Gasteiger partial charge in [-0.3, -0.25) is 4.79 Å². The van der Waals surface area contributed by atoms with Crippen molar-refractivity contribution >= 4 is 11.6 Å². The number of aryl methyl sites for hydroxylation is 1. The maximum Gasteiger partial charge on any atom is 0.240 e. The van der Waals surface area contributed by atoms with Gasteiger partial charge in [0, 0.05) is 6.42 Å². The first kappa shape index (κ1) is 18.5. The molecule has 0 saturated carbocycles. The predicted molar refractivity (Wildman–Crippen MR) is 91.0 cm³/mol. The number of unbranched alkanes of at least 4 members (excludes halogenated alkanes) is 7. The lowest BCUT2D eigenvalue weighted by Crippen LogP contribution is -2.18. The second-order valence-corrected chi connectivity index (χ2v) is 5.87. The first-order valence-corrected chi connectivity index (χ1v) is 8.53. The van der Waals surface area contributed by atoms with E-state index in [1.165, 1.54) is 38.5 Å². The van der Waals surface area contributed by atoms with Gasteiger partial charge in [0.2, 0.25) is 5.91 Å². The topological polar surface area (TPSA) is 54.6 Å². The third-order valence-electron chi connectivity index (χ3n) is 3.70. The van der Waals surface area contributed by atoms with Gasteiger partial charge in [0.1, 0.15) is 17.2 Å². The van der Waals surface area contributed by atoms with Gasteiger partial charge < -0.3 is 4.42 Å². The standard InChI is InChI=1S/C18H30N2O2/c1-4-5-6-7-8-9-10-11-12-18(21)20-19-16(3)17-14-13-15(2)22-17/h13-14H,4-12H2,1-3H3,(H,20,21)/b19-16+. The zero-order valence-electron chi connectivity index (χ0n) is 14.3. The smallest absolute Gasteiger partial charge is 0.240 e. The van der Waals surface area contributed by atoms with E-state index >= 15 is 0 Å². The fraction of sp³-hybridized carbons (Fsp3) is 0.667. The van der Waals surface area contributed by atoms with Crippen LogP contribution in [0.4, 0.5) is 0 Å². The fourth-order valence-electron chi connectivity index (χ4n) is 2.31. The number of rotatable bonds is 11. The molecule has 124 valence electrons. The average molecular weight is 306 g/mol. The molecule has 0 bridgehead atoms. The van der Waals surface area contributed by atoms with Crippen LogP contribution in [0, 0.1) is 6.92 Å². The van der Waals surface area contributed by atoms with Gasteiger partial charge in [-0.15, -0.1) is 0 Å². The van der Waals surface area contributed by atoms with E-state index in [1.807, 2.05) is 26.0 Å². The number of nitrogens with one attached hydrogen (secondary N) is 1. The summed E-state index contributed by atoms with van der Waals surface area (Å²) in [6.07, 6.45) is 10.4. The van der Waals surface area contributed by atoms with Gasteiger partial charge in [-0.1, -0.05) is 51.9 Å². The zero-order chi connectivity index (χ0) is 16.2. The third kappa shape index (κ3) is 8.01. The molecule has 0 unspecified atom stereocenters. The second-order valence-electron chi connectivity index (χ2n) is 5.87. The van der Waals surface area contributed by atoms with Crippen molar-refractivity contribution in [2.24, 2.45) is 5.10 Å². The van der Waals surface area contributed by atoms with Gasteiger partial charge in [-0.05, 0) is 32.4 Å². The minimum atomic E-state index is -0.0198. The van der Waals surface area contributed by atoms with Crippen molar-refractivity contribution < 1.29 is 9.21 Å². The van der Waals surface area contributed by atoms with Crippen LogP contribution in [-0.4, -0.2) is 11.6 Å². The fourth-order valence-corrected chi connectivity index (χ4v) is 2.31. The van der Waals surface area contributed by atoms with Gasteiger partial charge in [0.15, 0.2) is 0 Å². The van der Waals surface area contributed by atoms with Crippen LogP contribution in [0.2, 0.25) is 0 Å². The Kier molecular flexibility index (Phi) is 9.28. The van der Waals surface area contributed by atoms with Crippen LogP contribution < -0.4 is 5.43 Å². The van der Waals surface area contributed by atoms with Crippen molar-refractivity contribution in [3.05, 3.63) is 23.7 Å². The van der Waals surface area contributed by atoms with Crippen molar-refractivity contribution in [1.82, 2.24) is 5.43 Å². The lowest BCUT2D eigenvalue weighted by molar-refractivity contribution is -0.121. The van der Waals surface area contributed by atoms with Gasteiger partial charge in [-0.25, -0.2) is 5.43 Å². The number of amides is 1. The number of carbonyl (C=O) groups excluding carboxylic acids is 1. The summed E-state index contributed by atoms with van der Waals surface area (Å²) >= 11 is 0. The van der Waals surface area contributed by atoms with E-state index in [1.54, 1.807) is 0 Å². The number of hydrazone groups is 1. The summed E-state index contributed by atoms with van der Waals surface area (Å²) < 4.78 is 5.45. The molecule has 0 aliphatic rings. The molecular formula is C18H30N2O2. The predicted octanol–water partition coefficient (Wildman–Crippen LogP) is 4.96. The molecule has 0 aromatic carbocycles. The summed E-state index contributed by atoms with van der Waals surface area (Å²) in [4.78, 5) is 11.7. The minimum Gasteiger partial charge on any atom is -0.460 e. The Labute approximate surface area is 134 Å². The number of hydrogen-bond acceptors (Lipinski definition) is 3. The van der Waals surface area contributed by atoms with E-state index in [4.69, 9.17) is 4.42 Å². The van der Waals surface area contributed by atoms with Crippen LogP contribution in [0.25, 0.3) is 0 Å². The minimum absolute atomic E-state index is 0.0198. The molecule has 0 spiro atoms. The monoisotopic (exact) mass is 306 g/mol. The first-order valence-electron chi connectivity index (χ1n) is 8.53. The maximum absolute atomic E-state index is 11.7. The molecule has 0 radical (unpaired) electrons. The maximum atomic E-state index is 11.7. The van der Waals surface area contributed by atoms with Crippen LogP contribution in [0.5, 0.6) is 0 Å². The van der Waals surface area contributed by atoms with Crippen LogP contribution in [0.1, 0.15) is 83.2 Å². The molecule has 1 rings (SSSR count). The number of hydrogen-bond donors (Lipinski definition) is 1. The van der Waals surface area contributed by atoms with E-state index in [2.05, 4.69) is 17.5 Å². The van der Waals surface area contributed by atoms with E-state index in [0.717, 1.165) is 18.6 Å². The van der Waals surface area contributed by atoms with Crippen LogP contribution in [0.3, 0.4) is 0 Å². The molecule has 1 aromatic heterocycles. The Morgan fingerprint density at radius 2 is 1.73 bits per heavy atom. The summed E-state index contributed by atoms with van der Waals surface area (Å²) in [6.45, 7) is 5.95. The normalized spacial score (nSPS) is 11.7. The molecule has 0 aliphatic carbocycles. The summed E-state index contributed by atoms with van der Waals surface area (Å²) in [6, 6.07) is 3.75. The Bertz CT molecular complexity index is 463. The zero-order valence-corrected chi connectivity index (χ0v) is 14.3. The van der Waals surface area contributed by atoms with Crippen LogP contribution in [-0.2, 0) is 4.79 Å². The van der Waals surface area contributed by atoms with E-state index in [0.29, 0.717) is 17.9 Å². The van der Waals surface area contributed by atoms with Gasteiger partial charge in [0.05, 0.1) is 0 Å². The SMILES string of the molecule is CCCCCCCCCCC(=O)N/N=C(\C)c1ccc(C)o1. The second kappa shape index (κ2) is 11.0. The Hall–Kier alpha value is -1.58. The summed E-state index contributed by atoms with van der Waals surface area (Å²) in [5.41, 5.74) is 3.29. The van der Waals surface area contributed by atoms with Crippen molar-refractivity contribution in [2.75, 3.05) is 0 Å². The molecule has 1 aromatic rings. The molecule has 1 heterocycles. The molecule has 22 heavy (non-hydrogen) atoms. The van der Waals surface area contributed by atoms with Crippen molar-refractivity contribution in [3.8, 4) is 0 Å². The quantitative estimate of drug-likeness (QED) is 0.357. The number of carbonyl (C=O) groups is 1. The van der Waals surface area contributed by atoms with E-state index < -0.39 is 0 Å². The first-order chi connectivity index (χ1) is 10.6. The molecule has 4 heteroatoms. The summed E-state index contributed by atoms with van der Waals surface area (Å²) in [5.74, 6) is 1.52. The average Bonchev–Trinajstić information content (AvgIpc) is 2.94. The van der Waals surface area contributed by atoms with Gasteiger partial charge in [0.25, 0.3) is 0 Å². The highest BCUT2D eigenvalue weighted by atomic mass is 16.3. The number of nitrogens with zero attached hydrogens (tertiary/aromatic N) is 1. The number of furan rings is 1. The van der Waals surface area contributed by atoms with E-state index in [-0.39, 0.29) is 5.91 Å². The highest BCUT2D eigenvalue weighted by Gasteiger charge is 2.04. The third-order valence-corrected chi connectivity index (χ3v) is 3.70. The molecule has 0 saturated heterocycles. The van der Waals surface area contributed by atoms with Crippen LogP contribution in [0.15, 0.2) is 21.7 Å². The Morgan fingerprint density at radius 1 is 1.09 bits per heavy atom. The molecular weight excluding hydrogens is 276 g/mol. The Morgan fingerprint density at radius 3 is 2.32 bits per heavy atom. The lowest BCUT2D eigenvalue weighted by atomic mass is 10.1. The van der Waals surface area contributed by atoms with Crippen LogP contribution >= 0.6 is 0 Å². The largest absolute Gasteiger partial charge is 0.460 e. The molecule has 1 amide bonds. The Balaban J connectivity index is 2.08. The van der Waals surface area contributed by atoms with Gasteiger partial charge >= 0.3 is 0 Å². The highest BCUT2D eigenvalue weighted by Crippen LogP contribution is 2.10. The lowest BCUT2D eigenvalue weighted by Gasteiger charge is -2.02. The highest BCUT2D eigenvalue weighted by molar-refractivity contribution is 5.96. The molecule has 0 fully saturated rings.